The van der Waals surface area contributed by atoms with Gasteiger partial charge in [0.1, 0.15) is 0 Å². The second kappa shape index (κ2) is 6.53. The van der Waals surface area contributed by atoms with Crippen LogP contribution in [0.2, 0.25) is 4.34 Å². The Morgan fingerprint density at radius 3 is 2.42 bits per heavy atom. The van der Waals surface area contributed by atoms with E-state index in [-0.39, 0.29) is 12.1 Å². The molecule has 0 aliphatic rings. The highest BCUT2D eigenvalue weighted by Crippen LogP contribution is 2.32. The van der Waals surface area contributed by atoms with Gasteiger partial charge in [0.2, 0.25) is 0 Å². The first kappa shape index (κ1) is 14.5. The van der Waals surface area contributed by atoms with Crippen molar-refractivity contribution < 1.29 is 0 Å². The van der Waals surface area contributed by atoms with Crippen LogP contribution in [0, 0.1) is 0 Å². The van der Waals surface area contributed by atoms with Crippen LogP contribution in [0.25, 0.3) is 0 Å². The Labute approximate surface area is 123 Å². The summed E-state index contributed by atoms with van der Waals surface area (Å²) in [5.74, 6) is 0. The molecule has 0 spiro atoms. The summed E-state index contributed by atoms with van der Waals surface area (Å²) in [6.07, 6.45) is 0. The maximum atomic E-state index is 6.15. The molecule has 1 aromatic heterocycles. The predicted molar refractivity (Wildman–Crippen MR) is 83.6 cm³/mol. The van der Waals surface area contributed by atoms with Crippen LogP contribution in [0.15, 0.2) is 42.5 Å². The molecule has 2 nitrogen and oxygen atoms in total. The van der Waals surface area contributed by atoms with Gasteiger partial charge < -0.3 is 5.73 Å². The van der Waals surface area contributed by atoms with Crippen molar-refractivity contribution in [3.63, 3.8) is 0 Å². The van der Waals surface area contributed by atoms with Gasteiger partial charge in [-0.25, -0.2) is 0 Å². The van der Waals surface area contributed by atoms with E-state index in [1.807, 2.05) is 19.1 Å². The molecule has 0 fully saturated rings. The summed E-state index contributed by atoms with van der Waals surface area (Å²) in [6.45, 7) is 2.92. The number of likely N-dealkylation sites (N-methyl/N-ethyl adjacent to an activating group) is 1. The summed E-state index contributed by atoms with van der Waals surface area (Å²) >= 11 is 7.64. The Kier molecular flexibility index (Phi) is 4.99. The molecule has 0 bridgehead atoms. The molecule has 2 unspecified atom stereocenters. The number of halogens is 1. The van der Waals surface area contributed by atoms with Crippen molar-refractivity contribution >= 4 is 22.9 Å². The average molecular weight is 295 g/mol. The molecule has 2 aromatic rings. The van der Waals surface area contributed by atoms with Gasteiger partial charge in [-0.2, -0.15) is 0 Å². The molecular weight excluding hydrogens is 276 g/mol. The highest BCUT2D eigenvalue weighted by Gasteiger charge is 2.22. The molecule has 2 rings (SSSR count). The Bertz CT molecular complexity index is 510. The first-order valence-corrected chi connectivity index (χ1v) is 7.52. The van der Waals surface area contributed by atoms with Gasteiger partial charge in [0, 0.05) is 17.5 Å². The molecule has 1 aromatic carbocycles. The molecule has 0 radical (unpaired) electrons. The van der Waals surface area contributed by atoms with Crippen molar-refractivity contribution in [2.24, 2.45) is 5.73 Å². The summed E-state index contributed by atoms with van der Waals surface area (Å²) in [4.78, 5) is 3.50. The zero-order valence-corrected chi connectivity index (χ0v) is 12.8. The third-order valence-electron chi connectivity index (χ3n) is 3.13. The van der Waals surface area contributed by atoms with E-state index >= 15 is 0 Å². The van der Waals surface area contributed by atoms with Crippen molar-refractivity contribution in [3.05, 3.63) is 57.2 Å². The smallest absolute Gasteiger partial charge is 0.0931 e. The van der Waals surface area contributed by atoms with Gasteiger partial charge in [-0.05, 0) is 31.7 Å². The van der Waals surface area contributed by atoms with Crippen LogP contribution in [0.3, 0.4) is 0 Å². The maximum absolute atomic E-state index is 6.15. The minimum Gasteiger partial charge on any atom is -0.326 e. The van der Waals surface area contributed by atoms with Crippen molar-refractivity contribution in [2.45, 2.75) is 25.6 Å². The zero-order chi connectivity index (χ0) is 13.8. The highest BCUT2D eigenvalue weighted by molar-refractivity contribution is 7.16. The molecule has 0 aliphatic carbocycles. The molecule has 0 aliphatic heterocycles. The Balaban J connectivity index is 2.15. The van der Waals surface area contributed by atoms with Crippen molar-refractivity contribution in [2.75, 3.05) is 7.05 Å². The standard InChI is InChI=1S/C15H19ClN2S/c1-11(17)15(13-8-9-14(16)19-13)18(2)10-12-6-4-3-5-7-12/h3-9,11,15H,10,17H2,1-2H3. The third-order valence-corrected chi connectivity index (χ3v) is 4.43. The van der Waals surface area contributed by atoms with E-state index in [2.05, 4.69) is 42.3 Å². The fraction of sp³-hybridized carbons (Fsp3) is 0.333. The fourth-order valence-corrected chi connectivity index (χ4v) is 3.68. The van der Waals surface area contributed by atoms with Gasteiger partial charge in [-0.1, -0.05) is 41.9 Å². The number of hydrogen-bond donors (Lipinski definition) is 1. The fourth-order valence-electron chi connectivity index (χ4n) is 2.33. The Morgan fingerprint density at radius 2 is 1.89 bits per heavy atom. The lowest BCUT2D eigenvalue weighted by molar-refractivity contribution is 0.214. The molecule has 102 valence electrons. The van der Waals surface area contributed by atoms with E-state index in [1.54, 1.807) is 11.3 Å². The average Bonchev–Trinajstić information content (AvgIpc) is 2.76. The topological polar surface area (TPSA) is 29.3 Å². The zero-order valence-electron chi connectivity index (χ0n) is 11.2. The van der Waals surface area contributed by atoms with E-state index in [9.17, 15) is 0 Å². The SMILES string of the molecule is CC(N)C(c1ccc(Cl)s1)N(C)Cc1ccccc1. The van der Waals surface area contributed by atoms with Crippen molar-refractivity contribution in [1.29, 1.82) is 0 Å². The molecule has 0 amide bonds. The summed E-state index contributed by atoms with van der Waals surface area (Å²) in [7, 11) is 2.11. The molecule has 1 heterocycles. The van der Waals surface area contributed by atoms with E-state index in [0.29, 0.717) is 0 Å². The maximum Gasteiger partial charge on any atom is 0.0931 e. The van der Waals surface area contributed by atoms with Crippen LogP contribution in [-0.4, -0.2) is 18.0 Å². The molecule has 19 heavy (non-hydrogen) atoms. The second-order valence-electron chi connectivity index (χ2n) is 4.85. The summed E-state index contributed by atoms with van der Waals surface area (Å²) < 4.78 is 0.814. The molecule has 4 heteroatoms. The van der Waals surface area contributed by atoms with Crippen LogP contribution in [0.4, 0.5) is 0 Å². The van der Waals surface area contributed by atoms with Gasteiger partial charge >= 0.3 is 0 Å². The van der Waals surface area contributed by atoms with E-state index in [0.717, 1.165) is 10.9 Å². The lowest BCUT2D eigenvalue weighted by Gasteiger charge is -2.30. The number of hydrogen-bond acceptors (Lipinski definition) is 3. The number of thiophene rings is 1. The normalized spacial score (nSPS) is 14.6. The van der Waals surface area contributed by atoms with Gasteiger partial charge in [0.25, 0.3) is 0 Å². The molecule has 2 N–H and O–H groups in total. The first-order chi connectivity index (χ1) is 9.08. The minimum atomic E-state index is 0.0587. The highest BCUT2D eigenvalue weighted by atomic mass is 35.5. The van der Waals surface area contributed by atoms with Crippen LogP contribution in [0.1, 0.15) is 23.4 Å². The lowest BCUT2D eigenvalue weighted by Crippen LogP contribution is -2.36. The number of rotatable bonds is 5. The summed E-state index contributed by atoms with van der Waals surface area (Å²) in [5, 5.41) is 0. The van der Waals surface area contributed by atoms with Crippen LogP contribution >= 0.6 is 22.9 Å². The first-order valence-electron chi connectivity index (χ1n) is 6.33. The lowest BCUT2D eigenvalue weighted by atomic mass is 10.1. The molecule has 0 saturated carbocycles. The molecule has 0 saturated heterocycles. The van der Waals surface area contributed by atoms with Crippen LogP contribution in [-0.2, 0) is 6.54 Å². The second-order valence-corrected chi connectivity index (χ2v) is 6.59. The monoisotopic (exact) mass is 294 g/mol. The quantitative estimate of drug-likeness (QED) is 0.905. The molecule has 2 atom stereocenters. The Morgan fingerprint density at radius 1 is 1.21 bits per heavy atom. The predicted octanol–water partition coefficient (Wildman–Crippen LogP) is 3.92. The largest absolute Gasteiger partial charge is 0.326 e. The van der Waals surface area contributed by atoms with Gasteiger partial charge in [0.05, 0.1) is 10.4 Å². The summed E-state index contributed by atoms with van der Waals surface area (Å²) in [6, 6.07) is 14.7. The van der Waals surface area contributed by atoms with E-state index < -0.39 is 0 Å². The van der Waals surface area contributed by atoms with Crippen LogP contribution in [0.5, 0.6) is 0 Å². The molecular formula is C15H19ClN2S. The third kappa shape index (κ3) is 3.80. The van der Waals surface area contributed by atoms with Gasteiger partial charge in [0.15, 0.2) is 0 Å². The van der Waals surface area contributed by atoms with Crippen molar-refractivity contribution in [3.8, 4) is 0 Å². The number of nitrogens with zero attached hydrogens (tertiary/aromatic N) is 1. The minimum absolute atomic E-state index is 0.0587. The number of nitrogens with two attached hydrogens (primary N) is 1. The number of benzene rings is 1. The Hall–Kier alpha value is -0.870. The van der Waals surface area contributed by atoms with E-state index in [1.165, 1.54) is 10.4 Å². The van der Waals surface area contributed by atoms with Gasteiger partial charge in [-0.15, -0.1) is 11.3 Å². The summed E-state index contributed by atoms with van der Waals surface area (Å²) in [5.41, 5.74) is 7.44. The van der Waals surface area contributed by atoms with Gasteiger partial charge in [-0.3, -0.25) is 4.90 Å². The van der Waals surface area contributed by atoms with E-state index in [4.69, 9.17) is 17.3 Å². The van der Waals surface area contributed by atoms with Crippen LogP contribution < -0.4 is 5.73 Å². The van der Waals surface area contributed by atoms with Crippen molar-refractivity contribution in [1.82, 2.24) is 4.90 Å².